The molecule has 0 heterocycles. The quantitative estimate of drug-likeness (QED) is 0.719. The van der Waals surface area contributed by atoms with Gasteiger partial charge in [-0.15, -0.1) is 0 Å². The van der Waals surface area contributed by atoms with Crippen LogP contribution in [0.15, 0.2) is 24.3 Å². The average molecular weight is 189 g/mol. The zero-order chi connectivity index (χ0) is 10.1. The highest BCUT2D eigenvalue weighted by atomic mass is 16.1. The van der Waals surface area contributed by atoms with Crippen molar-refractivity contribution in [2.24, 2.45) is 5.92 Å². The zero-order valence-electron chi connectivity index (χ0n) is 8.58. The Balaban J connectivity index is 2.30. The van der Waals surface area contributed by atoms with Crippen LogP contribution >= 0.6 is 0 Å². The van der Waals surface area contributed by atoms with E-state index in [1.165, 1.54) is 11.1 Å². The Labute approximate surface area is 84.3 Å². The van der Waals surface area contributed by atoms with Gasteiger partial charge in [-0.2, -0.15) is 0 Å². The van der Waals surface area contributed by atoms with Gasteiger partial charge in [0.2, 0.25) is 5.91 Å². The monoisotopic (exact) mass is 189 g/mol. The Kier molecular flexibility index (Phi) is 2.28. The number of rotatable bonds is 1. The molecule has 1 aliphatic carbocycles. The number of carbonyl (C=O) groups excluding carboxylic acids is 1. The highest BCUT2D eigenvalue weighted by molar-refractivity contribution is 5.73. The molecule has 0 spiro atoms. The maximum atomic E-state index is 11.0. The van der Waals surface area contributed by atoms with Gasteiger partial charge in [0.25, 0.3) is 0 Å². The number of fused-ring (bicyclic) bond motifs is 1. The van der Waals surface area contributed by atoms with Gasteiger partial charge in [-0.3, -0.25) is 4.79 Å². The normalized spacial score (nSPS) is 24.4. The summed E-state index contributed by atoms with van der Waals surface area (Å²) in [7, 11) is 0. The molecule has 0 aromatic heterocycles. The predicted octanol–water partition coefficient (Wildman–Crippen LogP) is 2.06. The van der Waals surface area contributed by atoms with Crippen molar-refractivity contribution in [1.82, 2.24) is 5.32 Å². The largest absolute Gasteiger partial charge is 0.349 e. The lowest BCUT2D eigenvalue weighted by atomic mass is 10.0. The van der Waals surface area contributed by atoms with Gasteiger partial charge in [0.05, 0.1) is 6.04 Å². The summed E-state index contributed by atoms with van der Waals surface area (Å²) < 4.78 is 0. The molecule has 1 N–H and O–H groups in total. The van der Waals surface area contributed by atoms with Gasteiger partial charge in [0.15, 0.2) is 0 Å². The number of carbonyl (C=O) groups is 1. The minimum atomic E-state index is 0.0542. The predicted molar refractivity (Wildman–Crippen MR) is 55.9 cm³/mol. The van der Waals surface area contributed by atoms with E-state index in [0.29, 0.717) is 5.92 Å². The van der Waals surface area contributed by atoms with Gasteiger partial charge in [-0.1, -0.05) is 31.2 Å². The molecule has 0 radical (unpaired) electrons. The second kappa shape index (κ2) is 3.45. The summed E-state index contributed by atoms with van der Waals surface area (Å²) >= 11 is 0. The molecule has 1 unspecified atom stereocenters. The van der Waals surface area contributed by atoms with Gasteiger partial charge in [-0.05, 0) is 23.5 Å². The summed E-state index contributed by atoms with van der Waals surface area (Å²) in [5.41, 5.74) is 2.66. The first-order chi connectivity index (χ1) is 6.68. The van der Waals surface area contributed by atoms with Gasteiger partial charge in [0.1, 0.15) is 0 Å². The van der Waals surface area contributed by atoms with Crippen molar-refractivity contribution in [1.29, 1.82) is 0 Å². The van der Waals surface area contributed by atoms with Gasteiger partial charge < -0.3 is 5.32 Å². The van der Waals surface area contributed by atoms with E-state index in [-0.39, 0.29) is 11.9 Å². The van der Waals surface area contributed by atoms with Gasteiger partial charge >= 0.3 is 0 Å². The second-order valence-corrected chi connectivity index (χ2v) is 4.06. The summed E-state index contributed by atoms with van der Waals surface area (Å²) in [6, 6.07) is 8.56. The molecular weight excluding hydrogens is 174 g/mol. The Bertz CT molecular complexity index is 359. The van der Waals surface area contributed by atoms with E-state index in [4.69, 9.17) is 0 Å². The molecule has 1 aromatic rings. The van der Waals surface area contributed by atoms with Crippen molar-refractivity contribution >= 4 is 5.91 Å². The number of hydrogen-bond acceptors (Lipinski definition) is 1. The van der Waals surface area contributed by atoms with Gasteiger partial charge in [0, 0.05) is 6.92 Å². The first kappa shape index (κ1) is 9.25. The van der Waals surface area contributed by atoms with Crippen LogP contribution < -0.4 is 5.32 Å². The molecule has 2 nitrogen and oxygen atoms in total. The summed E-state index contributed by atoms with van der Waals surface area (Å²) in [5.74, 6) is 0.565. The number of amides is 1. The van der Waals surface area contributed by atoms with Crippen LogP contribution in [0.1, 0.15) is 31.0 Å². The maximum Gasteiger partial charge on any atom is 0.217 e. The first-order valence-corrected chi connectivity index (χ1v) is 5.03. The van der Waals surface area contributed by atoms with Crippen molar-refractivity contribution in [3.63, 3.8) is 0 Å². The van der Waals surface area contributed by atoms with Crippen molar-refractivity contribution in [2.75, 3.05) is 0 Å². The SMILES string of the molecule is CC(=O)N[C@H]1c2ccccc2CC1C. The Morgan fingerprint density at radius 3 is 2.86 bits per heavy atom. The molecule has 1 aliphatic rings. The summed E-state index contributed by atoms with van der Waals surface area (Å²) in [4.78, 5) is 11.0. The fraction of sp³-hybridized carbons (Fsp3) is 0.417. The van der Waals surface area contributed by atoms with Crippen LogP contribution in [-0.4, -0.2) is 5.91 Å². The van der Waals surface area contributed by atoms with Crippen molar-refractivity contribution in [3.8, 4) is 0 Å². The molecule has 0 saturated heterocycles. The fourth-order valence-corrected chi connectivity index (χ4v) is 2.23. The lowest BCUT2D eigenvalue weighted by Crippen LogP contribution is -2.28. The minimum Gasteiger partial charge on any atom is -0.349 e. The minimum absolute atomic E-state index is 0.0542. The Morgan fingerprint density at radius 1 is 1.43 bits per heavy atom. The van der Waals surface area contributed by atoms with Gasteiger partial charge in [-0.25, -0.2) is 0 Å². The first-order valence-electron chi connectivity index (χ1n) is 5.03. The van der Waals surface area contributed by atoms with Crippen LogP contribution in [-0.2, 0) is 11.2 Å². The van der Waals surface area contributed by atoms with Crippen molar-refractivity contribution in [3.05, 3.63) is 35.4 Å². The Morgan fingerprint density at radius 2 is 2.14 bits per heavy atom. The van der Waals surface area contributed by atoms with Crippen molar-refractivity contribution in [2.45, 2.75) is 26.3 Å². The lowest BCUT2D eigenvalue weighted by molar-refractivity contribution is -0.119. The molecular formula is C12H15NO. The number of benzene rings is 1. The second-order valence-electron chi connectivity index (χ2n) is 4.06. The van der Waals surface area contributed by atoms with Crippen LogP contribution in [0.4, 0.5) is 0 Å². The van der Waals surface area contributed by atoms with E-state index < -0.39 is 0 Å². The molecule has 1 amide bonds. The third-order valence-corrected chi connectivity index (χ3v) is 2.86. The standard InChI is InChI=1S/C12H15NO/c1-8-7-10-5-3-4-6-11(10)12(8)13-9(2)14/h3-6,8,12H,7H2,1-2H3,(H,13,14)/t8?,12-/m1/s1. The third-order valence-electron chi connectivity index (χ3n) is 2.86. The molecule has 0 aliphatic heterocycles. The number of hydrogen-bond donors (Lipinski definition) is 1. The molecule has 0 saturated carbocycles. The van der Waals surface area contributed by atoms with Crippen LogP contribution in [0.2, 0.25) is 0 Å². The lowest BCUT2D eigenvalue weighted by Gasteiger charge is -2.17. The topological polar surface area (TPSA) is 29.1 Å². The van der Waals surface area contributed by atoms with Crippen LogP contribution in [0.5, 0.6) is 0 Å². The van der Waals surface area contributed by atoms with E-state index in [0.717, 1.165) is 6.42 Å². The molecule has 2 atom stereocenters. The molecule has 14 heavy (non-hydrogen) atoms. The third kappa shape index (κ3) is 1.52. The highest BCUT2D eigenvalue weighted by Crippen LogP contribution is 2.35. The van der Waals surface area contributed by atoms with E-state index in [1.54, 1.807) is 6.92 Å². The smallest absolute Gasteiger partial charge is 0.217 e. The van der Waals surface area contributed by atoms with Crippen LogP contribution in [0.25, 0.3) is 0 Å². The van der Waals surface area contributed by atoms with Crippen LogP contribution in [0.3, 0.4) is 0 Å². The number of nitrogens with one attached hydrogen (secondary N) is 1. The highest BCUT2D eigenvalue weighted by Gasteiger charge is 2.29. The molecule has 2 rings (SSSR count). The van der Waals surface area contributed by atoms with E-state index in [9.17, 15) is 4.79 Å². The van der Waals surface area contributed by atoms with E-state index in [2.05, 4.69) is 30.4 Å². The molecule has 0 fully saturated rings. The summed E-state index contributed by atoms with van der Waals surface area (Å²) in [6.07, 6.45) is 1.07. The summed E-state index contributed by atoms with van der Waals surface area (Å²) in [5, 5.41) is 3.01. The van der Waals surface area contributed by atoms with E-state index >= 15 is 0 Å². The molecule has 74 valence electrons. The molecule has 1 aromatic carbocycles. The molecule has 2 heteroatoms. The van der Waals surface area contributed by atoms with Crippen molar-refractivity contribution < 1.29 is 4.79 Å². The maximum absolute atomic E-state index is 11.0. The van der Waals surface area contributed by atoms with Crippen LogP contribution in [0, 0.1) is 5.92 Å². The molecule has 0 bridgehead atoms. The average Bonchev–Trinajstić information content (AvgIpc) is 2.43. The Hall–Kier alpha value is -1.31. The van der Waals surface area contributed by atoms with E-state index in [1.807, 2.05) is 6.07 Å². The fourth-order valence-electron chi connectivity index (χ4n) is 2.23. The zero-order valence-corrected chi connectivity index (χ0v) is 8.58. The summed E-state index contributed by atoms with van der Waals surface area (Å²) in [6.45, 7) is 3.76.